The summed E-state index contributed by atoms with van der Waals surface area (Å²) in [5.74, 6) is -0.763. The largest absolute Gasteiger partial charge is 0.481 e. The fraction of sp³-hybridized carbons (Fsp3) is 0.450. The summed E-state index contributed by atoms with van der Waals surface area (Å²) in [6, 6.07) is 0. The number of rotatable bonds is 13. The van der Waals surface area contributed by atoms with Crippen molar-refractivity contribution in [3.63, 3.8) is 0 Å². The summed E-state index contributed by atoms with van der Waals surface area (Å²) in [6.07, 6.45) is 24.6. The van der Waals surface area contributed by atoms with Crippen molar-refractivity contribution < 1.29 is 15.0 Å². The van der Waals surface area contributed by atoms with Crippen LogP contribution in [-0.2, 0) is 4.79 Å². The van der Waals surface area contributed by atoms with Crippen LogP contribution in [0.1, 0.15) is 51.9 Å². The standard InChI is InChI=1S/C20H30O3/c1-2-3-4-5-6-7-8-9-10-13-16-19(21)17-14-11-12-15-18-20(22)23/h3-4,6-7,9-11,13-14,16,19,21H,2,5,8,12,15,17-18H2,1H3,(H,22,23)/b4-3+,7-6+,10-9+,14-11+,16-13+. The average Bonchev–Trinajstić information content (AvgIpc) is 2.52. The van der Waals surface area contributed by atoms with Crippen molar-refractivity contribution in [1.82, 2.24) is 0 Å². The summed E-state index contributed by atoms with van der Waals surface area (Å²) in [7, 11) is 0. The molecular formula is C20H30O3. The van der Waals surface area contributed by atoms with Crippen LogP contribution < -0.4 is 0 Å². The molecule has 0 aromatic heterocycles. The average molecular weight is 318 g/mol. The topological polar surface area (TPSA) is 57.5 Å². The zero-order valence-electron chi connectivity index (χ0n) is 14.1. The molecule has 0 saturated carbocycles. The van der Waals surface area contributed by atoms with Gasteiger partial charge in [-0.25, -0.2) is 0 Å². The third-order valence-corrected chi connectivity index (χ3v) is 3.00. The number of unbranched alkanes of at least 4 members (excludes halogenated alkanes) is 1. The summed E-state index contributed by atoms with van der Waals surface area (Å²) in [5.41, 5.74) is 0. The Bertz CT molecular complexity index is 428. The van der Waals surface area contributed by atoms with E-state index in [0.29, 0.717) is 12.8 Å². The Morgan fingerprint density at radius 1 is 0.957 bits per heavy atom. The monoisotopic (exact) mass is 318 g/mol. The van der Waals surface area contributed by atoms with E-state index in [1.165, 1.54) is 0 Å². The molecule has 1 unspecified atom stereocenters. The van der Waals surface area contributed by atoms with Crippen LogP contribution in [0.25, 0.3) is 0 Å². The molecule has 0 aliphatic heterocycles. The fourth-order valence-electron chi connectivity index (χ4n) is 1.77. The number of carboxylic acids is 1. The lowest BCUT2D eigenvalue weighted by atomic mass is 10.2. The third-order valence-electron chi connectivity index (χ3n) is 3.00. The van der Waals surface area contributed by atoms with E-state index in [1.54, 1.807) is 6.08 Å². The summed E-state index contributed by atoms with van der Waals surface area (Å²) in [5, 5.41) is 18.2. The molecule has 0 heterocycles. The van der Waals surface area contributed by atoms with Gasteiger partial charge in [-0.05, 0) is 38.5 Å². The summed E-state index contributed by atoms with van der Waals surface area (Å²) < 4.78 is 0. The highest BCUT2D eigenvalue weighted by molar-refractivity contribution is 5.66. The van der Waals surface area contributed by atoms with Crippen LogP contribution in [0.4, 0.5) is 0 Å². The molecular weight excluding hydrogens is 288 g/mol. The minimum atomic E-state index is -0.763. The lowest BCUT2D eigenvalue weighted by Crippen LogP contribution is -1.98. The molecule has 2 N–H and O–H groups in total. The maximum Gasteiger partial charge on any atom is 0.303 e. The summed E-state index contributed by atoms with van der Waals surface area (Å²) >= 11 is 0. The van der Waals surface area contributed by atoms with Crippen molar-refractivity contribution >= 4 is 5.97 Å². The number of aliphatic hydroxyl groups excluding tert-OH is 1. The minimum absolute atomic E-state index is 0.195. The van der Waals surface area contributed by atoms with Crippen molar-refractivity contribution in [2.45, 2.75) is 58.0 Å². The van der Waals surface area contributed by atoms with E-state index in [0.717, 1.165) is 25.7 Å². The molecule has 0 fully saturated rings. The number of hydrogen-bond donors (Lipinski definition) is 2. The zero-order valence-corrected chi connectivity index (χ0v) is 14.1. The normalized spacial score (nSPS) is 14.2. The maximum absolute atomic E-state index is 10.3. The quantitative estimate of drug-likeness (QED) is 0.286. The van der Waals surface area contributed by atoms with Gasteiger partial charge in [-0.2, -0.15) is 0 Å². The molecule has 0 rings (SSSR count). The Kier molecular flexibility index (Phi) is 15.2. The number of carboxylic acid groups (broad SMARTS) is 1. The molecule has 23 heavy (non-hydrogen) atoms. The molecule has 0 saturated heterocycles. The third kappa shape index (κ3) is 18.1. The maximum atomic E-state index is 10.3. The Morgan fingerprint density at radius 2 is 1.65 bits per heavy atom. The Hall–Kier alpha value is -1.87. The van der Waals surface area contributed by atoms with Crippen molar-refractivity contribution in [2.75, 3.05) is 0 Å². The van der Waals surface area contributed by atoms with E-state index in [1.807, 2.05) is 30.4 Å². The smallest absolute Gasteiger partial charge is 0.303 e. The van der Waals surface area contributed by atoms with Crippen LogP contribution in [-0.4, -0.2) is 22.3 Å². The molecule has 3 heteroatoms. The minimum Gasteiger partial charge on any atom is -0.481 e. The van der Waals surface area contributed by atoms with Crippen LogP contribution >= 0.6 is 0 Å². The molecule has 0 radical (unpaired) electrons. The van der Waals surface area contributed by atoms with Crippen LogP contribution in [0, 0.1) is 0 Å². The van der Waals surface area contributed by atoms with Gasteiger partial charge in [-0.3, -0.25) is 4.79 Å². The van der Waals surface area contributed by atoms with Gasteiger partial charge in [0.1, 0.15) is 0 Å². The SMILES string of the molecule is CC/C=C/C/C=C/C/C=C/C=C/C(O)C/C=C/CCCC(=O)O. The highest BCUT2D eigenvalue weighted by Gasteiger charge is 1.95. The van der Waals surface area contributed by atoms with E-state index in [9.17, 15) is 9.90 Å². The van der Waals surface area contributed by atoms with Crippen molar-refractivity contribution in [2.24, 2.45) is 0 Å². The molecule has 0 aromatic rings. The van der Waals surface area contributed by atoms with Gasteiger partial charge in [0.25, 0.3) is 0 Å². The molecule has 3 nitrogen and oxygen atoms in total. The van der Waals surface area contributed by atoms with Crippen LogP contribution in [0.3, 0.4) is 0 Å². The van der Waals surface area contributed by atoms with E-state index < -0.39 is 12.1 Å². The predicted molar refractivity (Wildman–Crippen MR) is 97.3 cm³/mol. The first-order valence-corrected chi connectivity index (χ1v) is 8.35. The highest BCUT2D eigenvalue weighted by Crippen LogP contribution is 2.01. The second kappa shape index (κ2) is 16.5. The van der Waals surface area contributed by atoms with Gasteiger partial charge < -0.3 is 10.2 Å². The predicted octanol–water partition coefficient (Wildman–Crippen LogP) is 4.96. The van der Waals surface area contributed by atoms with Crippen molar-refractivity contribution in [1.29, 1.82) is 0 Å². The Balaban J connectivity index is 3.68. The molecule has 128 valence electrons. The van der Waals surface area contributed by atoms with Crippen molar-refractivity contribution in [3.8, 4) is 0 Å². The first kappa shape index (κ1) is 21.1. The van der Waals surface area contributed by atoms with Gasteiger partial charge in [-0.1, -0.05) is 67.7 Å². The second-order valence-corrected chi connectivity index (χ2v) is 5.20. The van der Waals surface area contributed by atoms with Gasteiger partial charge in [0.2, 0.25) is 0 Å². The van der Waals surface area contributed by atoms with Crippen molar-refractivity contribution in [3.05, 3.63) is 60.8 Å². The van der Waals surface area contributed by atoms with Gasteiger partial charge in [0.05, 0.1) is 6.10 Å². The second-order valence-electron chi connectivity index (χ2n) is 5.20. The number of allylic oxidation sites excluding steroid dienone is 8. The lowest BCUT2D eigenvalue weighted by molar-refractivity contribution is -0.137. The fourth-order valence-corrected chi connectivity index (χ4v) is 1.77. The molecule has 1 atom stereocenters. The van der Waals surface area contributed by atoms with E-state index in [2.05, 4.69) is 31.2 Å². The van der Waals surface area contributed by atoms with Gasteiger partial charge >= 0.3 is 5.97 Å². The van der Waals surface area contributed by atoms with Crippen LogP contribution in [0.15, 0.2) is 60.8 Å². The summed E-state index contributed by atoms with van der Waals surface area (Å²) in [6.45, 7) is 2.12. The van der Waals surface area contributed by atoms with E-state index in [-0.39, 0.29) is 6.42 Å². The number of hydrogen-bond acceptors (Lipinski definition) is 2. The van der Waals surface area contributed by atoms with E-state index in [4.69, 9.17) is 5.11 Å². The van der Waals surface area contributed by atoms with Gasteiger partial charge in [0.15, 0.2) is 0 Å². The number of aliphatic carboxylic acids is 1. The summed E-state index contributed by atoms with van der Waals surface area (Å²) in [4.78, 5) is 10.3. The Morgan fingerprint density at radius 3 is 2.35 bits per heavy atom. The molecule has 0 bridgehead atoms. The molecule has 0 spiro atoms. The number of carbonyl (C=O) groups is 1. The lowest BCUT2D eigenvalue weighted by Gasteiger charge is -1.99. The number of aliphatic hydroxyl groups is 1. The van der Waals surface area contributed by atoms with Gasteiger partial charge in [0, 0.05) is 6.42 Å². The Labute approximate surface area is 140 Å². The van der Waals surface area contributed by atoms with Crippen LogP contribution in [0.5, 0.6) is 0 Å². The molecule has 0 aliphatic carbocycles. The molecule has 0 aromatic carbocycles. The first-order valence-electron chi connectivity index (χ1n) is 8.35. The van der Waals surface area contributed by atoms with Gasteiger partial charge in [-0.15, -0.1) is 0 Å². The first-order chi connectivity index (χ1) is 11.2. The molecule has 0 amide bonds. The molecule has 0 aliphatic rings. The highest BCUT2D eigenvalue weighted by atomic mass is 16.4. The van der Waals surface area contributed by atoms with E-state index >= 15 is 0 Å². The zero-order chi connectivity index (χ0) is 17.2. The van der Waals surface area contributed by atoms with Crippen LogP contribution in [0.2, 0.25) is 0 Å².